The van der Waals surface area contributed by atoms with Gasteiger partial charge in [0.1, 0.15) is 6.04 Å². The van der Waals surface area contributed by atoms with E-state index in [1.54, 1.807) is 0 Å². The zero-order valence-corrected chi connectivity index (χ0v) is 12.9. The van der Waals surface area contributed by atoms with Gasteiger partial charge in [-0.15, -0.1) is 24.2 Å². The molecule has 0 amide bonds. The number of thioether (sulfide) groups is 1. The monoisotopic (exact) mass is 313 g/mol. The third-order valence-corrected chi connectivity index (χ3v) is 5.90. The van der Waals surface area contributed by atoms with E-state index in [1.807, 2.05) is 11.8 Å². The van der Waals surface area contributed by atoms with Crippen LogP contribution in [0.3, 0.4) is 0 Å². The summed E-state index contributed by atoms with van der Waals surface area (Å²) in [4.78, 5) is 11.1. The standard InChI is InChI=1S/C15H19NO2S.ClH/c17-14(18)13-10-19-15(16-13)8-6-12(7-9-15)11-4-2-1-3-5-11;/h1-5,12-13,16H,6-10H2,(H,17,18);1H/t12?,13-,15?;/m0./s1. The molecule has 2 aliphatic rings. The van der Waals surface area contributed by atoms with Crippen molar-refractivity contribution in [3.8, 4) is 0 Å². The number of benzene rings is 1. The molecule has 1 aliphatic carbocycles. The van der Waals surface area contributed by atoms with Crippen LogP contribution in [0.5, 0.6) is 0 Å². The molecule has 110 valence electrons. The summed E-state index contributed by atoms with van der Waals surface area (Å²) in [6, 6.07) is 10.3. The normalized spacial score (nSPS) is 32.8. The fourth-order valence-corrected chi connectivity index (χ4v) is 4.67. The Morgan fingerprint density at radius 3 is 2.45 bits per heavy atom. The molecule has 1 aliphatic heterocycles. The highest BCUT2D eigenvalue weighted by Crippen LogP contribution is 2.46. The number of carbonyl (C=O) groups is 1. The predicted molar refractivity (Wildman–Crippen MR) is 84.6 cm³/mol. The van der Waals surface area contributed by atoms with E-state index in [0.29, 0.717) is 11.7 Å². The molecular formula is C15H20ClNO2S. The summed E-state index contributed by atoms with van der Waals surface area (Å²) < 4.78 is 0. The van der Waals surface area contributed by atoms with E-state index in [1.165, 1.54) is 5.56 Å². The molecule has 2 N–H and O–H groups in total. The molecule has 0 aromatic heterocycles. The van der Waals surface area contributed by atoms with E-state index >= 15 is 0 Å². The van der Waals surface area contributed by atoms with Gasteiger partial charge in [-0.25, -0.2) is 0 Å². The molecule has 1 spiro atoms. The van der Waals surface area contributed by atoms with E-state index < -0.39 is 5.97 Å². The second-order valence-corrected chi connectivity index (χ2v) is 6.93. The topological polar surface area (TPSA) is 49.3 Å². The Hall–Kier alpha value is -0.710. The van der Waals surface area contributed by atoms with E-state index in [-0.39, 0.29) is 23.3 Å². The van der Waals surface area contributed by atoms with Crippen molar-refractivity contribution in [2.45, 2.75) is 42.5 Å². The highest BCUT2D eigenvalue weighted by molar-refractivity contribution is 8.00. The van der Waals surface area contributed by atoms with E-state index in [0.717, 1.165) is 25.7 Å². The van der Waals surface area contributed by atoms with Gasteiger partial charge in [0.05, 0.1) is 4.87 Å². The molecule has 0 radical (unpaired) electrons. The van der Waals surface area contributed by atoms with Crippen LogP contribution in [0, 0.1) is 0 Å². The van der Waals surface area contributed by atoms with Gasteiger partial charge in [-0.1, -0.05) is 30.3 Å². The maximum Gasteiger partial charge on any atom is 0.321 e. The van der Waals surface area contributed by atoms with E-state index in [9.17, 15) is 4.79 Å². The second-order valence-electron chi connectivity index (χ2n) is 5.53. The number of nitrogens with one attached hydrogen (secondary N) is 1. The lowest BCUT2D eigenvalue weighted by atomic mass is 9.81. The summed E-state index contributed by atoms with van der Waals surface area (Å²) >= 11 is 1.81. The number of halogens is 1. The molecule has 1 heterocycles. The number of carboxylic acid groups (broad SMARTS) is 1. The second kappa shape index (κ2) is 6.37. The number of hydrogen-bond acceptors (Lipinski definition) is 3. The lowest BCUT2D eigenvalue weighted by Crippen LogP contribution is -2.46. The molecule has 5 heteroatoms. The average Bonchev–Trinajstić information content (AvgIpc) is 2.85. The van der Waals surface area contributed by atoms with Crippen LogP contribution in [0.25, 0.3) is 0 Å². The quantitative estimate of drug-likeness (QED) is 0.880. The largest absolute Gasteiger partial charge is 0.480 e. The van der Waals surface area contributed by atoms with Gasteiger partial charge in [-0.3, -0.25) is 10.1 Å². The fraction of sp³-hybridized carbons (Fsp3) is 0.533. The summed E-state index contributed by atoms with van der Waals surface area (Å²) in [6.07, 6.45) is 4.44. The first-order chi connectivity index (χ1) is 9.19. The van der Waals surface area contributed by atoms with Crippen molar-refractivity contribution in [3.05, 3.63) is 35.9 Å². The first-order valence-electron chi connectivity index (χ1n) is 6.88. The molecule has 1 atom stereocenters. The molecule has 1 saturated heterocycles. The minimum Gasteiger partial charge on any atom is -0.480 e. The maximum atomic E-state index is 11.0. The molecule has 2 fully saturated rings. The number of hydrogen-bond donors (Lipinski definition) is 2. The van der Waals surface area contributed by atoms with Crippen LogP contribution in [0.4, 0.5) is 0 Å². The molecule has 3 nitrogen and oxygen atoms in total. The summed E-state index contributed by atoms with van der Waals surface area (Å²) in [5.41, 5.74) is 1.43. The zero-order valence-electron chi connectivity index (χ0n) is 11.2. The molecule has 0 bridgehead atoms. The van der Waals surface area contributed by atoms with Crippen LogP contribution in [-0.2, 0) is 4.79 Å². The summed E-state index contributed by atoms with van der Waals surface area (Å²) in [5, 5.41) is 12.4. The molecular weight excluding hydrogens is 294 g/mol. The van der Waals surface area contributed by atoms with Crippen LogP contribution in [0.2, 0.25) is 0 Å². The number of aliphatic carboxylic acids is 1. The van der Waals surface area contributed by atoms with Crippen molar-refractivity contribution in [2.75, 3.05) is 5.75 Å². The van der Waals surface area contributed by atoms with Crippen molar-refractivity contribution in [3.63, 3.8) is 0 Å². The van der Waals surface area contributed by atoms with Crippen LogP contribution < -0.4 is 5.32 Å². The fourth-order valence-electron chi connectivity index (χ4n) is 3.21. The minimum atomic E-state index is -0.713. The third-order valence-electron chi connectivity index (χ3n) is 4.33. The first kappa shape index (κ1) is 15.7. The van der Waals surface area contributed by atoms with Crippen molar-refractivity contribution < 1.29 is 9.90 Å². The van der Waals surface area contributed by atoms with Gasteiger partial charge >= 0.3 is 5.97 Å². The van der Waals surface area contributed by atoms with Gasteiger partial charge in [-0.05, 0) is 37.2 Å². The Kier molecular flexibility index (Phi) is 4.99. The van der Waals surface area contributed by atoms with Gasteiger partial charge in [0.15, 0.2) is 0 Å². The van der Waals surface area contributed by atoms with Gasteiger partial charge in [0.2, 0.25) is 0 Å². The SMILES string of the molecule is Cl.O=C(O)[C@@H]1CSC2(CCC(c3ccccc3)CC2)N1. The van der Waals surface area contributed by atoms with Crippen LogP contribution in [-0.4, -0.2) is 27.7 Å². The predicted octanol–water partition coefficient (Wildman–Crippen LogP) is 3.25. The van der Waals surface area contributed by atoms with E-state index in [2.05, 4.69) is 35.6 Å². The Morgan fingerprint density at radius 1 is 1.25 bits per heavy atom. The summed E-state index contributed by atoms with van der Waals surface area (Å²) in [6.45, 7) is 0. The Labute approximate surface area is 129 Å². The molecule has 1 aromatic carbocycles. The van der Waals surface area contributed by atoms with Crippen molar-refractivity contribution >= 4 is 30.1 Å². The Bertz CT molecular complexity index is 460. The third kappa shape index (κ3) is 3.13. The smallest absolute Gasteiger partial charge is 0.321 e. The lowest BCUT2D eigenvalue weighted by Gasteiger charge is -2.37. The zero-order chi connectivity index (χ0) is 13.3. The molecule has 1 saturated carbocycles. The molecule has 20 heavy (non-hydrogen) atoms. The van der Waals surface area contributed by atoms with Crippen molar-refractivity contribution in [2.24, 2.45) is 0 Å². The Balaban J connectivity index is 0.00000147. The van der Waals surface area contributed by atoms with Crippen LogP contribution >= 0.6 is 24.2 Å². The van der Waals surface area contributed by atoms with E-state index in [4.69, 9.17) is 5.11 Å². The van der Waals surface area contributed by atoms with Crippen molar-refractivity contribution in [1.29, 1.82) is 0 Å². The molecule has 0 unspecified atom stereocenters. The van der Waals surface area contributed by atoms with Gasteiger partial charge in [-0.2, -0.15) is 0 Å². The summed E-state index contributed by atoms with van der Waals surface area (Å²) in [7, 11) is 0. The minimum absolute atomic E-state index is 0. The van der Waals surface area contributed by atoms with Gasteiger partial charge in [0.25, 0.3) is 0 Å². The number of rotatable bonds is 2. The van der Waals surface area contributed by atoms with Gasteiger partial charge in [0, 0.05) is 5.75 Å². The molecule has 3 rings (SSSR count). The van der Waals surface area contributed by atoms with Crippen LogP contribution in [0.1, 0.15) is 37.2 Å². The van der Waals surface area contributed by atoms with Crippen molar-refractivity contribution in [1.82, 2.24) is 5.32 Å². The highest BCUT2D eigenvalue weighted by atomic mass is 35.5. The Morgan fingerprint density at radius 2 is 1.90 bits per heavy atom. The maximum absolute atomic E-state index is 11.0. The highest BCUT2D eigenvalue weighted by Gasteiger charge is 2.44. The van der Waals surface area contributed by atoms with Gasteiger partial charge < -0.3 is 5.11 Å². The lowest BCUT2D eigenvalue weighted by molar-refractivity contribution is -0.139. The molecule has 1 aromatic rings. The first-order valence-corrected chi connectivity index (χ1v) is 7.86. The summed E-state index contributed by atoms with van der Waals surface area (Å²) in [5.74, 6) is 0.623. The average molecular weight is 314 g/mol. The number of carboxylic acids is 1. The van der Waals surface area contributed by atoms with Crippen LogP contribution in [0.15, 0.2) is 30.3 Å².